The third-order valence-electron chi connectivity index (χ3n) is 4.61. The van der Waals surface area contributed by atoms with Gasteiger partial charge in [-0.2, -0.15) is 5.10 Å². The molecular weight excluding hydrogens is 332 g/mol. The molecule has 1 aliphatic heterocycles. The van der Waals surface area contributed by atoms with Gasteiger partial charge in [-0.05, 0) is 31.2 Å². The normalized spacial score (nSPS) is 14.7. The number of hydrogen-bond acceptors (Lipinski definition) is 6. The van der Waals surface area contributed by atoms with E-state index in [2.05, 4.69) is 15.1 Å². The fourth-order valence-corrected chi connectivity index (χ4v) is 3.16. The monoisotopic (exact) mass is 352 g/mol. The van der Waals surface area contributed by atoms with Gasteiger partial charge in [0.05, 0.1) is 12.8 Å². The number of ether oxygens (including phenoxy) is 1. The van der Waals surface area contributed by atoms with Gasteiger partial charge in [0, 0.05) is 31.6 Å². The lowest BCUT2D eigenvalue weighted by molar-refractivity contribution is 0.0716. The predicted molar refractivity (Wildman–Crippen MR) is 97.7 cm³/mol. The number of anilines is 1. The lowest BCUT2D eigenvalue weighted by Crippen LogP contribution is -2.49. The molecule has 1 aliphatic rings. The summed E-state index contributed by atoms with van der Waals surface area (Å²) in [7, 11) is 1.59. The highest BCUT2D eigenvalue weighted by Gasteiger charge is 2.25. The van der Waals surface area contributed by atoms with Crippen LogP contribution in [0.1, 0.15) is 16.2 Å². The first kappa shape index (κ1) is 16.4. The molecule has 1 aromatic carbocycles. The minimum absolute atomic E-state index is 0.0992. The van der Waals surface area contributed by atoms with E-state index in [1.807, 2.05) is 42.2 Å². The summed E-state index contributed by atoms with van der Waals surface area (Å²) >= 11 is 0. The number of carbonyl (C=O) groups excluding carboxylic acids is 1. The van der Waals surface area contributed by atoms with Crippen molar-refractivity contribution in [2.24, 2.45) is 0 Å². The highest BCUT2D eigenvalue weighted by Crippen LogP contribution is 2.29. The van der Waals surface area contributed by atoms with E-state index in [0.29, 0.717) is 43.3 Å². The Morgan fingerprint density at radius 2 is 1.92 bits per heavy atom. The number of piperazine rings is 1. The van der Waals surface area contributed by atoms with E-state index in [-0.39, 0.29) is 5.91 Å². The zero-order valence-electron chi connectivity index (χ0n) is 14.8. The predicted octanol–water partition coefficient (Wildman–Crippen LogP) is 2.50. The molecule has 3 heterocycles. The van der Waals surface area contributed by atoms with Gasteiger partial charge in [0.15, 0.2) is 22.9 Å². The molecule has 0 N–H and O–H groups in total. The SMILES string of the molecule is COc1cccc2cc(C(=O)N3CCN(c4ccc(C)nn4)CC3)oc12. The minimum Gasteiger partial charge on any atom is -0.493 e. The maximum atomic E-state index is 12.8. The molecule has 1 amide bonds. The number of carbonyl (C=O) groups is 1. The van der Waals surface area contributed by atoms with Crippen LogP contribution in [-0.4, -0.2) is 54.3 Å². The third kappa shape index (κ3) is 2.96. The summed E-state index contributed by atoms with van der Waals surface area (Å²) in [4.78, 5) is 16.7. The molecule has 2 aromatic heterocycles. The molecule has 0 bridgehead atoms. The van der Waals surface area contributed by atoms with Crippen molar-refractivity contribution in [2.75, 3.05) is 38.2 Å². The van der Waals surface area contributed by atoms with Crippen LogP contribution in [0.5, 0.6) is 5.75 Å². The first-order chi connectivity index (χ1) is 12.7. The van der Waals surface area contributed by atoms with Gasteiger partial charge in [0.2, 0.25) is 0 Å². The van der Waals surface area contributed by atoms with E-state index >= 15 is 0 Å². The molecule has 1 fully saturated rings. The molecule has 0 atom stereocenters. The van der Waals surface area contributed by atoms with Crippen LogP contribution in [0.25, 0.3) is 11.0 Å². The Hall–Kier alpha value is -3.09. The molecule has 1 saturated heterocycles. The van der Waals surface area contributed by atoms with Crippen molar-refractivity contribution in [3.8, 4) is 5.75 Å². The first-order valence-corrected chi connectivity index (χ1v) is 8.57. The summed E-state index contributed by atoms with van der Waals surface area (Å²) < 4.78 is 11.1. The van der Waals surface area contributed by atoms with Crippen LogP contribution in [0.4, 0.5) is 5.82 Å². The fraction of sp³-hybridized carbons (Fsp3) is 0.316. The van der Waals surface area contributed by atoms with E-state index in [9.17, 15) is 4.79 Å². The first-order valence-electron chi connectivity index (χ1n) is 8.57. The van der Waals surface area contributed by atoms with Crippen LogP contribution in [0.3, 0.4) is 0 Å². The minimum atomic E-state index is -0.0992. The molecule has 7 nitrogen and oxygen atoms in total. The molecule has 3 aromatic rings. The summed E-state index contributed by atoms with van der Waals surface area (Å²) in [6, 6.07) is 11.3. The van der Waals surface area contributed by atoms with Crippen molar-refractivity contribution in [2.45, 2.75) is 6.92 Å². The number of rotatable bonds is 3. The van der Waals surface area contributed by atoms with E-state index in [1.54, 1.807) is 13.2 Å². The maximum Gasteiger partial charge on any atom is 0.289 e. The van der Waals surface area contributed by atoms with Gasteiger partial charge >= 0.3 is 0 Å². The highest BCUT2D eigenvalue weighted by molar-refractivity contribution is 5.97. The fourth-order valence-electron chi connectivity index (χ4n) is 3.16. The summed E-state index contributed by atoms with van der Waals surface area (Å²) in [6.07, 6.45) is 0. The molecule has 26 heavy (non-hydrogen) atoms. The molecule has 0 unspecified atom stereocenters. The molecule has 0 saturated carbocycles. The number of nitrogens with zero attached hydrogens (tertiary/aromatic N) is 4. The average Bonchev–Trinajstić information content (AvgIpc) is 3.12. The average molecular weight is 352 g/mol. The van der Waals surface area contributed by atoms with Crippen molar-refractivity contribution in [1.29, 1.82) is 0 Å². The van der Waals surface area contributed by atoms with Crippen molar-refractivity contribution in [1.82, 2.24) is 15.1 Å². The Morgan fingerprint density at radius 3 is 2.62 bits per heavy atom. The highest BCUT2D eigenvalue weighted by atomic mass is 16.5. The van der Waals surface area contributed by atoms with Gasteiger partial charge in [-0.1, -0.05) is 12.1 Å². The lowest BCUT2D eigenvalue weighted by Gasteiger charge is -2.34. The molecule has 0 spiro atoms. The molecular formula is C19H20N4O3. The summed E-state index contributed by atoms with van der Waals surface area (Å²) in [5.41, 5.74) is 1.50. The van der Waals surface area contributed by atoms with E-state index < -0.39 is 0 Å². The van der Waals surface area contributed by atoms with Gasteiger partial charge in [0.25, 0.3) is 5.91 Å². The summed E-state index contributed by atoms with van der Waals surface area (Å²) in [6.45, 7) is 4.57. The second kappa shape index (κ2) is 6.67. The lowest BCUT2D eigenvalue weighted by atomic mass is 10.2. The summed E-state index contributed by atoms with van der Waals surface area (Å²) in [5.74, 6) is 1.71. The number of para-hydroxylation sites is 1. The van der Waals surface area contributed by atoms with Crippen LogP contribution in [0.2, 0.25) is 0 Å². The summed E-state index contributed by atoms with van der Waals surface area (Å²) in [5, 5.41) is 9.18. The Kier molecular flexibility index (Phi) is 4.20. The van der Waals surface area contributed by atoms with Gasteiger partial charge in [-0.25, -0.2) is 0 Å². The van der Waals surface area contributed by atoms with Crippen molar-refractivity contribution >= 4 is 22.7 Å². The van der Waals surface area contributed by atoms with E-state index in [0.717, 1.165) is 16.9 Å². The standard InChI is InChI=1S/C19H20N4O3/c1-13-6-7-17(21-20-13)22-8-10-23(11-9-22)19(24)16-12-14-4-3-5-15(25-2)18(14)26-16/h3-7,12H,8-11H2,1-2H3. The second-order valence-electron chi connectivity index (χ2n) is 6.30. The Balaban J connectivity index is 1.47. The molecule has 4 rings (SSSR count). The maximum absolute atomic E-state index is 12.8. The number of amides is 1. The van der Waals surface area contributed by atoms with E-state index in [1.165, 1.54) is 0 Å². The Bertz CT molecular complexity index is 928. The quantitative estimate of drug-likeness (QED) is 0.721. The number of fused-ring (bicyclic) bond motifs is 1. The largest absolute Gasteiger partial charge is 0.493 e. The van der Waals surface area contributed by atoms with Crippen LogP contribution < -0.4 is 9.64 Å². The number of hydrogen-bond donors (Lipinski definition) is 0. The zero-order valence-corrected chi connectivity index (χ0v) is 14.8. The number of aryl methyl sites for hydroxylation is 1. The molecule has 134 valence electrons. The van der Waals surface area contributed by atoms with Crippen LogP contribution >= 0.6 is 0 Å². The number of benzene rings is 1. The third-order valence-corrected chi connectivity index (χ3v) is 4.61. The van der Waals surface area contributed by atoms with Gasteiger partial charge < -0.3 is 19.0 Å². The van der Waals surface area contributed by atoms with Crippen molar-refractivity contribution < 1.29 is 13.9 Å². The number of aromatic nitrogens is 2. The van der Waals surface area contributed by atoms with Crippen molar-refractivity contribution in [3.05, 3.63) is 47.9 Å². The van der Waals surface area contributed by atoms with Gasteiger partial charge in [-0.3, -0.25) is 4.79 Å². The molecule has 7 heteroatoms. The van der Waals surface area contributed by atoms with Crippen LogP contribution in [-0.2, 0) is 0 Å². The van der Waals surface area contributed by atoms with E-state index in [4.69, 9.17) is 9.15 Å². The van der Waals surface area contributed by atoms with Crippen LogP contribution in [0, 0.1) is 6.92 Å². The Labute approximate surface area is 151 Å². The zero-order chi connectivity index (χ0) is 18.1. The smallest absolute Gasteiger partial charge is 0.289 e. The topological polar surface area (TPSA) is 71.7 Å². The van der Waals surface area contributed by atoms with Gasteiger partial charge in [0.1, 0.15) is 0 Å². The number of methoxy groups -OCH3 is 1. The van der Waals surface area contributed by atoms with Crippen molar-refractivity contribution in [3.63, 3.8) is 0 Å². The molecule has 0 aliphatic carbocycles. The molecule has 0 radical (unpaired) electrons. The second-order valence-corrected chi connectivity index (χ2v) is 6.30. The Morgan fingerprint density at radius 1 is 1.12 bits per heavy atom. The van der Waals surface area contributed by atoms with Crippen LogP contribution in [0.15, 0.2) is 40.8 Å². The van der Waals surface area contributed by atoms with Gasteiger partial charge in [-0.15, -0.1) is 5.10 Å². The number of furan rings is 1.